The monoisotopic (exact) mass is 363 g/mol. The van der Waals surface area contributed by atoms with Crippen LogP contribution < -0.4 is 16.2 Å². The molecule has 1 aromatic carbocycles. The normalized spacial score (nSPS) is 12.4. The fourth-order valence-electron chi connectivity index (χ4n) is 1.39. The van der Waals surface area contributed by atoms with E-state index in [0.717, 1.165) is 0 Å². The molecule has 0 aliphatic rings. The number of anilines is 1. The lowest BCUT2D eigenvalue weighted by molar-refractivity contribution is -0.125. The van der Waals surface area contributed by atoms with Gasteiger partial charge in [-0.05, 0) is 38.5 Å². The topological polar surface area (TPSA) is 115 Å². The first-order valence-electron chi connectivity index (χ1n) is 5.82. The molecule has 5 N–H and O–H groups in total. The van der Waals surface area contributed by atoms with Crippen LogP contribution in [-0.2, 0) is 14.8 Å². The largest absolute Gasteiger partial charge is 0.398 e. The van der Waals surface area contributed by atoms with Crippen LogP contribution in [0.4, 0.5) is 5.69 Å². The quantitative estimate of drug-likeness (QED) is 0.679. The lowest BCUT2D eigenvalue weighted by Crippen LogP contribution is -2.42. The van der Waals surface area contributed by atoms with Crippen LogP contribution in [0.3, 0.4) is 0 Å². The number of hydrogen-bond acceptors (Lipinski definition) is 4. The number of halogens is 1. The summed E-state index contributed by atoms with van der Waals surface area (Å²) in [6.45, 7) is 4.67. The molecule has 0 aliphatic carbocycles. The molecule has 0 saturated heterocycles. The number of sulfonamides is 1. The number of carbonyl (C=O) groups excluding carboxylic acids is 1. The van der Waals surface area contributed by atoms with E-state index in [4.69, 9.17) is 11.5 Å². The Kier molecular flexibility index (Phi) is 4.83. The van der Waals surface area contributed by atoms with Gasteiger partial charge in [0, 0.05) is 16.7 Å². The van der Waals surface area contributed by atoms with Crippen LogP contribution in [0.25, 0.3) is 0 Å². The van der Waals surface area contributed by atoms with Crippen LogP contribution in [0, 0.1) is 12.3 Å². The standard InChI is InChI=1S/C12H18BrN3O3S/c1-7-9(14)4-8(13)5-10(7)20(18,19)16-6-12(2,3)11(15)17/h4-5,16H,6,14H2,1-3H3,(H2,15,17). The molecule has 0 saturated carbocycles. The van der Waals surface area contributed by atoms with Gasteiger partial charge in [0.05, 0.1) is 10.3 Å². The zero-order chi connectivity index (χ0) is 15.7. The lowest BCUT2D eigenvalue weighted by atomic mass is 9.93. The maximum Gasteiger partial charge on any atom is 0.240 e. The third kappa shape index (κ3) is 3.71. The molecule has 20 heavy (non-hydrogen) atoms. The third-order valence-electron chi connectivity index (χ3n) is 3.03. The van der Waals surface area contributed by atoms with Crippen molar-refractivity contribution in [3.8, 4) is 0 Å². The van der Waals surface area contributed by atoms with Crippen LogP contribution in [0.1, 0.15) is 19.4 Å². The minimum absolute atomic E-state index is 0.0737. The van der Waals surface area contributed by atoms with Gasteiger partial charge in [-0.1, -0.05) is 15.9 Å². The average molecular weight is 364 g/mol. The summed E-state index contributed by atoms with van der Waals surface area (Å²) in [6, 6.07) is 3.09. The van der Waals surface area contributed by atoms with Gasteiger partial charge in [0.2, 0.25) is 15.9 Å². The summed E-state index contributed by atoms with van der Waals surface area (Å²) in [6.07, 6.45) is 0. The maximum absolute atomic E-state index is 12.3. The predicted molar refractivity (Wildman–Crippen MR) is 81.5 cm³/mol. The van der Waals surface area contributed by atoms with E-state index in [2.05, 4.69) is 20.7 Å². The molecule has 0 radical (unpaired) electrons. The third-order valence-corrected chi connectivity index (χ3v) is 5.01. The Morgan fingerprint density at radius 2 is 1.95 bits per heavy atom. The van der Waals surface area contributed by atoms with Crippen LogP contribution in [0.5, 0.6) is 0 Å². The number of hydrogen-bond donors (Lipinski definition) is 3. The molecule has 0 heterocycles. The molecule has 1 aromatic rings. The fraction of sp³-hybridized carbons (Fsp3) is 0.417. The predicted octanol–water partition coefficient (Wildman–Crippen LogP) is 1.13. The van der Waals surface area contributed by atoms with Gasteiger partial charge in [0.15, 0.2) is 0 Å². The first-order chi connectivity index (χ1) is 8.97. The Balaban J connectivity index is 3.10. The number of amides is 1. The van der Waals surface area contributed by atoms with Crippen molar-refractivity contribution >= 4 is 37.5 Å². The Labute approximate surface area is 127 Å². The second kappa shape index (κ2) is 5.71. The second-order valence-electron chi connectivity index (χ2n) is 5.19. The van der Waals surface area contributed by atoms with E-state index in [9.17, 15) is 13.2 Å². The summed E-state index contributed by atoms with van der Waals surface area (Å²) in [5.74, 6) is -0.578. The SMILES string of the molecule is Cc1c(N)cc(Br)cc1S(=O)(=O)NCC(C)(C)C(N)=O. The zero-order valence-corrected chi connectivity index (χ0v) is 13.9. The number of nitrogens with one attached hydrogen (secondary N) is 1. The van der Waals surface area contributed by atoms with Crippen molar-refractivity contribution in [2.45, 2.75) is 25.7 Å². The molecular weight excluding hydrogens is 346 g/mol. The summed E-state index contributed by atoms with van der Waals surface area (Å²) < 4.78 is 27.5. The fourth-order valence-corrected chi connectivity index (χ4v) is 3.53. The van der Waals surface area contributed by atoms with Gasteiger partial charge in [-0.15, -0.1) is 0 Å². The van der Waals surface area contributed by atoms with E-state index in [0.29, 0.717) is 15.7 Å². The van der Waals surface area contributed by atoms with Crippen molar-refractivity contribution < 1.29 is 13.2 Å². The second-order valence-corrected chi connectivity index (χ2v) is 7.84. The van der Waals surface area contributed by atoms with Crippen molar-refractivity contribution in [3.63, 3.8) is 0 Å². The number of nitrogen functional groups attached to an aromatic ring is 1. The molecular formula is C12H18BrN3O3S. The smallest absolute Gasteiger partial charge is 0.240 e. The van der Waals surface area contributed by atoms with Crippen molar-refractivity contribution in [3.05, 3.63) is 22.2 Å². The molecule has 0 fully saturated rings. The van der Waals surface area contributed by atoms with Gasteiger partial charge in [-0.25, -0.2) is 13.1 Å². The molecule has 1 amide bonds. The highest BCUT2D eigenvalue weighted by atomic mass is 79.9. The Morgan fingerprint density at radius 1 is 1.40 bits per heavy atom. The van der Waals surface area contributed by atoms with Gasteiger partial charge in [-0.3, -0.25) is 4.79 Å². The molecule has 0 aromatic heterocycles. The first-order valence-corrected chi connectivity index (χ1v) is 8.10. The Hall–Kier alpha value is -1.12. The summed E-state index contributed by atoms with van der Waals surface area (Å²) in [5, 5.41) is 0. The number of carbonyl (C=O) groups is 1. The van der Waals surface area contributed by atoms with Gasteiger partial charge < -0.3 is 11.5 Å². The van der Waals surface area contributed by atoms with Crippen LogP contribution >= 0.6 is 15.9 Å². The minimum Gasteiger partial charge on any atom is -0.398 e. The van der Waals surface area contributed by atoms with E-state index in [1.165, 1.54) is 6.07 Å². The van der Waals surface area contributed by atoms with Crippen LogP contribution in [-0.4, -0.2) is 20.9 Å². The maximum atomic E-state index is 12.3. The average Bonchev–Trinajstić information content (AvgIpc) is 2.31. The molecule has 0 spiro atoms. The number of benzene rings is 1. The van der Waals surface area contributed by atoms with E-state index < -0.39 is 21.3 Å². The summed E-state index contributed by atoms with van der Waals surface area (Å²) in [7, 11) is -3.77. The Morgan fingerprint density at radius 3 is 2.45 bits per heavy atom. The van der Waals surface area contributed by atoms with E-state index >= 15 is 0 Å². The van der Waals surface area contributed by atoms with Crippen molar-refractivity contribution in [2.24, 2.45) is 11.1 Å². The number of rotatable bonds is 5. The zero-order valence-electron chi connectivity index (χ0n) is 11.5. The van der Waals surface area contributed by atoms with Crippen LogP contribution in [0.2, 0.25) is 0 Å². The highest BCUT2D eigenvalue weighted by molar-refractivity contribution is 9.10. The molecule has 0 aliphatic heterocycles. The molecule has 0 atom stereocenters. The highest BCUT2D eigenvalue weighted by Gasteiger charge is 2.28. The van der Waals surface area contributed by atoms with Gasteiger partial charge >= 0.3 is 0 Å². The molecule has 0 bridgehead atoms. The Bertz CT molecular complexity index is 642. The molecule has 112 valence electrons. The summed E-state index contributed by atoms with van der Waals surface area (Å²) >= 11 is 3.21. The summed E-state index contributed by atoms with van der Waals surface area (Å²) in [5.41, 5.74) is 10.8. The lowest BCUT2D eigenvalue weighted by Gasteiger charge is -2.21. The van der Waals surface area contributed by atoms with Crippen molar-refractivity contribution in [2.75, 3.05) is 12.3 Å². The number of primary amides is 1. The van der Waals surface area contributed by atoms with E-state index in [-0.39, 0.29) is 11.4 Å². The molecule has 0 unspecified atom stereocenters. The van der Waals surface area contributed by atoms with Gasteiger partial charge in [-0.2, -0.15) is 0 Å². The molecule has 1 rings (SSSR count). The first kappa shape index (κ1) is 16.9. The molecule has 8 heteroatoms. The van der Waals surface area contributed by atoms with Crippen molar-refractivity contribution in [1.82, 2.24) is 4.72 Å². The van der Waals surface area contributed by atoms with E-state index in [1.807, 2.05) is 0 Å². The molecule has 6 nitrogen and oxygen atoms in total. The van der Waals surface area contributed by atoms with E-state index in [1.54, 1.807) is 26.8 Å². The van der Waals surface area contributed by atoms with Crippen LogP contribution in [0.15, 0.2) is 21.5 Å². The highest BCUT2D eigenvalue weighted by Crippen LogP contribution is 2.26. The number of nitrogens with two attached hydrogens (primary N) is 2. The minimum atomic E-state index is -3.77. The summed E-state index contributed by atoms with van der Waals surface area (Å²) in [4.78, 5) is 11.3. The van der Waals surface area contributed by atoms with Gasteiger partial charge in [0.25, 0.3) is 0 Å². The van der Waals surface area contributed by atoms with Crippen molar-refractivity contribution in [1.29, 1.82) is 0 Å². The van der Waals surface area contributed by atoms with Gasteiger partial charge in [0.1, 0.15) is 0 Å².